The van der Waals surface area contributed by atoms with Gasteiger partial charge in [0.05, 0.1) is 29.6 Å². The second kappa shape index (κ2) is 19.5. The third-order valence-corrected chi connectivity index (χ3v) is 13.9. The number of Topliss-reactive ketones (excluding diaryl/α,β-unsaturated/α-hetero) is 2. The highest BCUT2D eigenvalue weighted by atomic mass is 16.6. The van der Waals surface area contributed by atoms with Gasteiger partial charge in [-0.15, -0.1) is 0 Å². The molecule has 1 amide bonds. The van der Waals surface area contributed by atoms with Crippen LogP contribution in [0.15, 0.2) is 71.8 Å². The van der Waals surface area contributed by atoms with Crippen molar-refractivity contribution in [2.45, 2.75) is 142 Å². The van der Waals surface area contributed by atoms with Gasteiger partial charge in [-0.25, -0.2) is 19.2 Å². The number of carbonyl (C=O) groups is 7. The fourth-order valence-corrected chi connectivity index (χ4v) is 10.2. The molecule has 6 rings (SSSR count). The van der Waals surface area contributed by atoms with E-state index in [9.17, 15) is 44.1 Å². The van der Waals surface area contributed by atoms with Gasteiger partial charge in [0.15, 0.2) is 17.2 Å². The molecule has 4 N–H and O–H groups in total. The number of hydrogen-bond acceptors (Lipinski definition) is 17. The lowest BCUT2D eigenvalue weighted by Crippen LogP contribution is -2.81. The van der Waals surface area contributed by atoms with E-state index in [2.05, 4.69) is 5.32 Å². The van der Waals surface area contributed by atoms with Crippen LogP contribution in [0.4, 0.5) is 4.79 Å². The smallest absolute Gasteiger partial charge is 0.408 e. The minimum Gasteiger partial charge on any atom is -0.455 e. The summed E-state index contributed by atoms with van der Waals surface area (Å²) in [5, 5.41) is 40.7. The van der Waals surface area contributed by atoms with E-state index < -0.39 is 138 Å². The molecule has 2 aromatic carbocycles. The lowest BCUT2D eigenvalue weighted by Gasteiger charge is -2.67. The highest BCUT2D eigenvalue weighted by molar-refractivity contribution is 5.94. The van der Waals surface area contributed by atoms with Gasteiger partial charge in [0, 0.05) is 31.1 Å². The van der Waals surface area contributed by atoms with Crippen LogP contribution >= 0.6 is 0 Å². The number of benzene rings is 2. The fraction of sp³-hybridized carbons (Fsp3) is 0.580. The summed E-state index contributed by atoms with van der Waals surface area (Å²) in [6.07, 6.45) is -12.1. The SMILES string of the molecule is CC(=O)O[C@@]12CO[C@@H]1C[C@H](O)[C@@]1(C)C(=O)[C@H](O)C3=C(C)[C@@H](OC(=O)[C@H](OC(=O)COCC(=O)C(C)C)[C@@H](NC(=O)OC(C)(C)C)c4ccccc4)C[C@@](O)([C@@H](OC(=O)c4ccccc4)[C@H]21)C3(C)C. The summed E-state index contributed by atoms with van der Waals surface area (Å²) in [6, 6.07) is 14.2. The third kappa shape index (κ3) is 9.70. The van der Waals surface area contributed by atoms with Crippen LogP contribution < -0.4 is 5.32 Å². The number of aliphatic hydroxyl groups is 3. The van der Waals surface area contributed by atoms with Crippen molar-refractivity contribution in [2.24, 2.45) is 22.7 Å². The Bertz CT molecular complexity index is 2310. The van der Waals surface area contributed by atoms with Crippen molar-refractivity contribution in [1.29, 1.82) is 0 Å². The van der Waals surface area contributed by atoms with Crippen molar-refractivity contribution < 1.29 is 82.0 Å². The molecule has 0 unspecified atom stereocenters. The van der Waals surface area contributed by atoms with Crippen molar-refractivity contribution in [1.82, 2.24) is 5.32 Å². The third-order valence-electron chi connectivity index (χ3n) is 13.9. The lowest BCUT2D eigenvalue weighted by molar-refractivity contribution is -0.346. The summed E-state index contributed by atoms with van der Waals surface area (Å²) in [4.78, 5) is 96.8. The molecule has 4 aliphatic rings. The highest BCUT2D eigenvalue weighted by Gasteiger charge is 2.78. The Labute approximate surface area is 395 Å². The molecule has 370 valence electrons. The highest BCUT2D eigenvalue weighted by Crippen LogP contribution is 2.64. The minimum absolute atomic E-state index is 0.0423. The van der Waals surface area contributed by atoms with Crippen molar-refractivity contribution >= 4 is 41.5 Å². The molecule has 2 saturated carbocycles. The second-order valence-corrected chi connectivity index (χ2v) is 20.2. The predicted octanol–water partition coefficient (Wildman–Crippen LogP) is 4.05. The molecular weight excluding hydrogens is 887 g/mol. The summed E-state index contributed by atoms with van der Waals surface area (Å²) < 4.78 is 41.1. The van der Waals surface area contributed by atoms with Crippen LogP contribution in [0.5, 0.6) is 0 Å². The molecule has 1 aliphatic heterocycles. The number of ketones is 2. The van der Waals surface area contributed by atoms with Crippen molar-refractivity contribution in [3.63, 3.8) is 0 Å². The lowest BCUT2D eigenvalue weighted by atomic mass is 9.44. The van der Waals surface area contributed by atoms with Gasteiger partial charge >= 0.3 is 30.0 Å². The first kappa shape index (κ1) is 51.9. The second-order valence-electron chi connectivity index (χ2n) is 20.2. The van der Waals surface area contributed by atoms with Gasteiger partial charge in [0.1, 0.15) is 54.9 Å². The fourth-order valence-electron chi connectivity index (χ4n) is 10.2. The van der Waals surface area contributed by atoms with Gasteiger partial charge in [0.25, 0.3) is 0 Å². The van der Waals surface area contributed by atoms with Crippen LogP contribution in [-0.2, 0) is 57.1 Å². The van der Waals surface area contributed by atoms with Gasteiger partial charge < -0.3 is 53.8 Å². The monoisotopic (exact) mass is 949 g/mol. The number of esters is 4. The maximum absolute atomic E-state index is 15.2. The Hall–Kier alpha value is -5.53. The van der Waals surface area contributed by atoms with Crippen LogP contribution in [0.2, 0.25) is 0 Å². The molecule has 1 saturated heterocycles. The zero-order valence-corrected chi connectivity index (χ0v) is 40.1. The molecule has 11 atom stereocenters. The number of amides is 1. The first-order valence-electron chi connectivity index (χ1n) is 22.7. The molecule has 0 radical (unpaired) electrons. The van der Waals surface area contributed by atoms with E-state index in [1.54, 1.807) is 83.1 Å². The number of nitrogens with one attached hydrogen (secondary N) is 1. The van der Waals surface area contributed by atoms with Gasteiger partial charge in [-0.2, -0.15) is 0 Å². The van der Waals surface area contributed by atoms with Crippen LogP contribution in [0.1, 0.15) is 104 Å². The molecule has 0 spiro atoms. The Morgan fingerprint density at radius 1 is 0.912 bits per heavy atom. The molecule has 3 fully saturated rings. The number of ether oxygens (including phenoxy) is 7. The Balaban J connectivity index is 1.50. The average molecular weight is 950 g/mol. The van der Waals surface area contributed by atoms with E-state index in [1.807, 2.05) is 0 Å². The molecule has 2 aromatic rings. The first-order chi connectivity index (χ1) is 31.7. The number of alkyl carbamates (subject to hydrolysis) is 1. The van der Waals surface area contributed by atoms with Gasteiger partial charge in [-0.3, -0.25) is 14.4 Å². The van der Waals surface area contributed by atoms with E-state index in [0.29, 0.717) is 0 Å². The van der Waals surface area contributed by atoms with E-state index >= 15 is 4.79 Å². The molecule has 3 aliphatic carbocycles. The van der Waals surface area contributed by atoms with Crippen LogP contribution in [0.3, 0.4) is 0 Å². The molecule has 2 bridgehead atoms. The summed E-state index contributed by atoms with van der Waals surface area (Å²) in [5.74, 6) is -7.44. The van der Waals surface area contributed by atoms with E-state index in [1.165, 1.54) is 39.8 Å². The van der Waals surface area contributed by atoms with Gasteiger partial charge in [0.2, 0.25) is 6.10 Å². The van der Waals surface area contributed by atoms with Crippen LogP contribution in [0, 0.1) is 22.7 Å². The summed E-state index contributed by atoms with van der Waals surface area (Å²) in [6.45, 7) is 13.6. The summed E-state index contributed by atoms with van der Waals surface area (Å²) in [7, 11) is 0. The van der Waals surface area contributed by atoms with Crippen LogP contribution in [0.25, 0.3) is 0 Å². The molecule has 0 aromatic heterocycles. The first-order valence-corrected chi connectivity index (χ1v) is 22.7. The maximum atomic E-state index is 15.2. The minimum atomic E-state index is -2.45. The topological polar surface area (TPSA) is 257 Å². The van der Waals surface area contributed by atoms with Crippen LogP contribution in [-0.4, -0.2) is 130 Å². The molecular formula is C50H63NO17. The van der Waals surface area contributed by atoms with E-state index in [4.69, 9.17) is 33.2 Å². The molecule has 1 heterocycles. The van der Waals surface area contributed by atoms with Gasteiger partial charge in [-0.05, 0) is 63.5 Å². The Morgan fingerprint density at radius 3 is 2.09 bits per heavy atom. The Morgan fingerprint density at radius 2 is 1.53 bits per heavy atom. The van der Waals surface area contributed by atoms with Crippen molar-refractivity contribution in [3.05, 3.63) is 82.9 Å². The number of carbonyl (C=O) groups excluding carboxylic acids is 7. The summed E-state index contributed by atoms with van der Waals surface area (Å²) in [5.41, 5.74) is -8.80. The normalized spacial score (nSPS) is 30.4. The standard InChI is InChI=1S/C50H63NO17/c1-26(2)31(53)23-62-24-35(55)65-39(37(29-17-13-11-14-18-29)51-45(60)68-46(5,6)7)44(59)64-32-22-50(61)42(66-43(58)30-19-15-12-16-20-30)40-48(10,41(57)38(56)36(27(32)3)47(50,8)9)33(54)21-34-49(40,25-63-34)67-28(4)52/h11-20,26,32-34,37-40,42,54,56,61H,21-25H2,1-10H3,(H,51,60)/t32-,33-,34+,37-,38+,39+,40-,42-,48+,49-,50+/m0/s1. The molecule has 18 heteroatoms. The zero-order valence-electron chi connectivity index (χ0n) is 40.1. The van der Waals surface area contributed by atoms with Crippen molar-refractivity contribution in [3.8, 4) is 0 Å². The number of rotatable bonds is 14. The number of hydrogen-bond donors (Lipinski definition) is 4. The quantitative estimate of drug-likeness (QED) is 0.118. The predicted molar refractivity (Wildman–Crippen MR) is 238 cm³/mol. The summed E-state index contributed by atoms with van der Waals surface area (Å²) >= 11 is 0. The molecule has 68 heavy (non-hydrogen) atoms. The van der Waals surface area contributed by atoms with Gasteiger partial charge in [-0.1, -0.05) is 76.2 Å². The zero-order chi connectivity index (χ0) is 50.3. The maximum Gasteiger partial charge on any atom is 0.408 e. The average Bonchev–Trinajstić information content (AvgIpc) is 3.25. The largest absolute Gasteiger partial charge is 0.455 e. The molecule has 18 nitrogen and oxygen atoms in total. The number of fused-ring (bicyclic) bond motifs is 5. The Kier molecular flexibility index (Phi) is 14.8. The number of aliphatic hydroxyl groups excluding tert-OH is 2. The van der Waals surface area contributed by atoms with E-state index in [0.717, 1.165) is 6.92 Å². The van der Waals surface area contributed by atoms with Crippen molar-refractivity contribution in [2.75, 3.05) is 19.8 Å². The van der Waals surface area contributed by atoms with E-state index in [-0.39, 0.29) is 41.1 Å².